The van der Waals surface area contributed by atoms with Crippen molar-refractivity contribution in [2.75, 3.05) is 19.7 Å². The third kappa shape index (κ3) is 3.26. The molecule has 0 aromatic carbocycles. The first-order chi connectivity index (χ1) is 8.56. The summed E-state index contributed by atoms with van der Waals surface area (Å²) in [5.41, 5.74) is 5.83. The summed E-state index contributed by atoms with van der Waals surface area (Å²) in [6.07, 6.45) is 0.0497. The molecule has 1 aliphatic rings. The van der Waals surface area contributed by atoms with Crippen LogP contribution in [-0.4, -0.2) is 41.7 Å². The normalized spacial score (nSPS) is 22.9. The Morgan fingerprint density at radius 3 is 3.11 bits per heavy atom. The standard InChI is InChI=1S/C11H17N3O3S/c1-8(12)10-7-13(4-5-17-10)6-9-2-3-11(18-9)14(15)16/h2-3,8,10H,4-7,12H2,1H3. The van der Waals surface area contributed by atoms with Gasteiger partial charge in [-0.3, -0.25) is 15.0 Å². The molecule has 2 atom stereocenters. The van der Waals surface area contributed by atoms with E-state index in [2.05, 4.69) is 4.90 Å². The molecule has 100 valence electrons. The van der Waals surface area contributed by atoms with Gasteiger partial charge in [0.05, 0.1) is 17.6 Å². The van der Waals surface area contributed by atoms with Crippen LogP contribution >= 0.6 is 11.3 Å². The molecular weight excluding hydrogens is 254 g/mol. The highest BCUT2D eigenvalue weighted by Gasteiger charge is 2.24. The zero-order valence-electron chi connectivity index (χ0n) is 10.2. The number of hydrogen-bond donors (Lipinski definition) is 1. The number of morpholine rings is 1. The molecule has 0 aliphatic carbocycles. The predicted octanol–water partition coefficient (Wildman–Crippen LogP) is 1.20. The SMILES string of the molecule is CC(N)C1CN(Cc2ccc([N+](=O)[O-])s2)CCO1. The minimum Gasteiger partial charge on any atom is -0.374 e. The molecule has 7 heteroatoms. The first-order valence-corrected chi connectivity index (χ1v) is 6.70. The Balaban J connectivity index is 1.94. The van der Waals surface area contributed by atoms with E-state index in [1.807, 2.05) is 13.0 Å². The molecule has 1 aromatic heterocycles. The minimum absolute atomic E-state index is 0.00507. The fourth-order valence-corrected chi connectivity index (χ4v) is 2.83. The predicted molar refractivity (Wildman–Crippen MR) is 69.6 cm³/mol. The van der Waals surface area contributed by atoms with E-state index >= 15 is 0 Å². The van der Waals surface area contributed by atoms with Gasteiger partial charge in [0.25, 0.3) is 0 Å². The summed E-state index contributed by atoms with van der Waals surface area (Å²) in [6.45, 7) is 4.95. The van der Waals surface area contributed by atoms with Gasteiger partial charge in [-0.1, -0.05) is 11.3 Å². The van der Waals surface area contributed by atoms with Crippen LogP contribution in [0.25, 0.3) is 0 Å². The van der Waals surface area contributed by atoms with Crippen molar-refractivity contribution in [3.05, 3.63) is 27.1 Å². The molecule has 2 heterocycles. The molecule has 1 saturated heterocycles. The van der Waals surface area contributed by atoms with Crippen LogP contribution in [-0.2, 0) is 11.3 Å². The Labute approximate surface area is 109 Å². The number of hydrogen-bond acceptors (Lipinski definition) is 6. The van der Waals surface area contributed by atoms with E-state index in [-0.39, 0.29) is 22.1 Å². The lowest BCUT2D eigenvalue weighted by Crippen LogP contribution is -2.49. The van der Waals surface area contributed by atoms with Gasteiger partial charge in [0, 0.05) is 36.6 Å². The van der Waals surface area contributed by atoms with Crippen LogP contribution < -0.4 is 5.73 Å². The number of thiophene rings is 1. The molecule has 0 radical (unpaired) electrons. The van der Waals surface area contributed by atoms with Crippen LogP contribution in [0.2, 0.25) is 0 Å². The lowest BCUT2D eigenvalue weighted by molar-refractivity contribution is -0.380. The molecule has 1 fully saturated rings. The molecule has 0 spiro atoms. The minimum atomic E-state index is -0.349. The number of rotatable bonds is 4. The van der Waals surface area contributed by atoms with Crippen LogP contribution in [0.1, 0.15) is 11.8 Å². The average molecular weight is 271 g/mol. The van der Waals surface area contributed by atoms with E-state index in [0.29, 0.717) is 6.61 Å². The van der Waals surface area contributed by atoms with Crippen LogP contribution in [0.4, 0.5) is 5.00 Å². The van der Waals surface area contributed by atoms with Crippen molar-refractivity contribution in [2.45, 2.75) is 25.6 Å². The lowest BCUT2D eigenvalue weighted by Gasteiger charge is -2.34. The first kappa shape index (κ1) is 13.4. The van der Waals surface area contributed by atoms with Gasteiger partial charge in [-0.25, -0.2) is 0 Å². The van der Waals surface area contributed by atoms with Gasteiger partial charge in [0.1, 0.15) is 0 Å². The Morgan fingerprint density at radius 2 is 2.50 bits per heavy atom. The fourth-order valence-electron chi connectivity index (χ4n) is 1.96. The summed E-state index contributed by atoms with van der Waals surface area (Å²) in [4.78, 5) is 13.5. The highest BCUT2D eigenvalue weighted by atomic mass is 32.1. The van der Waals surface area contributed by atoms with Crippen molar-refractivity contribution in [3.63, 3.8) is 0 Å². The maximum Gasteiger partial charge on any atom is 0.324 e. The van der Waals surface area contributed by atoms with Gasteiger partial charge in [0.2, 0.25) is 0 Å². The Kier molecular flexibility index (Phi) is 4.28. The van der Waals surface area contributed by atoms with E-state index in [9.17, 15) is 10.1 Å². The molecule has 0 saturated carbocycles. The third-order valence-electron chi connectivity index (χ3n) is 2.97. The number of nitrogens with two attached hydrogens (primary N) is 1. The number of nitro groups is 1. The summed E-state index contributed by atoms with van der Waals surface area (Å²) in [5, 5.41) is 10.8. The average Bonchev–Trinajstić information content (AvgIpc) is 2.78. The van der Waals surface area contributed by atoms with E-state index < -0.39 is 0 Å². The van der Waals surface area contributed by atoms with E-state index in [0.717, 1.165) is 24.5 Å². The second-order valence-corrected chi connectivity index (χ2v) is 5.65. The number of nitrogens with zero attached hydrogens (tertiary/aromatic N) is 2. The Morgan fingerprint density at radius 1 is 1.72 bits per heavy atom. The van der Waals surface area contributed by atoms with Crippen molar-refractivity contribution in [1.82, 2.24) is 4.90 Å². The van der Waals surface area contributed by atoms with Crippen molar-refractivity contribution in [1.29, 1.82) is 0 Å². The van der Waals surface area contributed by atoms with Crippen molar-refractivity contribution in [3.8, 4) is 0 Å². The fraction of sp³-hybridized carbons (Fsp3) is 0.636. The molecule has 1 aliphatic heterocycles. The monoisotopic (exact) mass is 271 g/mol. The number of ether oxygens (including phenoxy) is 1. The van der Waals surface area contributed by atoms with Gasteiger partial charge in [-0.15, -0.1) is 0 Å². The summed E-state index contributed by atoms with van der Waals surface area (Å²) in [7, 11) is 0. The zero-order chi connectivity index (χ0) is 13.1. The van der Waals surface area contributed by atoms with Crippen LogP contribution in [0.5, 0.6) is 0 Å². The molecule has 0 amide bonds. The molecular formula is C11H17N3O3S. The first-order valence-electron chi connectivity index (χ1n) is 5.89. The van der Waals surface area contributed by atoms with Crippen molar-refractivity contribution < 1.29 is 9.66 Å². The molecule has 6 nitrogen and oxygen atoms in total. The van der Waals surface area contributed by atoms with E-state index in [4.69, 9.17) is 10.5 Å². The second-order valence-electron chi connectivity index (χ2n) is 4.50. The van der Waals surface area contributed by atoms with E-state index in [1.165, 1.54) is 11.3 Å². The molecule has 2 rings (SSSR count). The van der Waals surface area contributed by atoms with Crippen molar-refractivity contribution in [2.24, 2.45) is 5.73 Å². The maximum atomic E-state index is 10.6. The van der Waals surface area contributed by atoms with E-state index in [1.54, 1.807) is 6.07 Å². The quantitative estimate of drug-likeness (QED) is 0.657. The van der Waals surface area contributed by atoms with Crippen molar-refractivity contribution >= 4 is 16.3 Å². The van der Waals surface area contributed by atoms with Crippen LogP contribution in [0.15, 0.2) is 12.1 Å². The van der Waals surface area contributed by atoms with Gasteiger partial charge >= 0.3 is 5.00 Å². The second kappa shape index (κ2) is 5.75. The lowest BCUT2D eigenvalue weighted by atomic mass is 10.1. The Hall–Kier alpha value is -1.02. The van der Waals surface area contributed by atoms with Gasteiger partial charge in [-0.2, -0.15) is 0 Å². The molecule has 2 N–H and O–H groups in total. The highest BCUT2D eigenvalue weighted by molar-refractivity contribution is 7.15. The summed E-state index contributed by atoms with van der Waals surface area (Å²) < 4.78 is 5.58. The van der Waals surface area contributed by atoms with Gasteiger partial charge in [-0.05, 0) is 13.0 Å². The Bertz CT molecular complexity index is 421. The van der Waals surface area contributed by atoms with Crippen LogP contribution in [0.3, 0.4) is 0 Å². The molecule has 0 bridgehead atoms. The molecule has 1 aromatic rings. The molecule has 18 heavy (non-hydrogen) atoms. The largest absolute Gasteiger partial charge is 0.374 e. The summed E-state index contributed by atoms with van der Waals surface area (Å²) in [5.74, 6) is 0. The van der Waals surface area contributed by atoms with Gasteiger partial charge < -0.3 is 10.5 Å². The summed E-state index contributed by atoms with van der Waals surface area (Å²) >= 11 is 1.23. The topological polar surface area (TPSA) is 81.6 Å². The third-order valence-corrected chi connectivity index (χ3v) is 3.99. The van der Waals surface area contributed by atoms with Crippen LogP contribution in [0, 0.1) is 10.1 Å². The molecule has 2 unspecified atom stereocenters. The maximum absolute atomic E-state index is 10.6. The highest BCUT2D eigenvalue weighted by Crippen LogP contribution is 2.25. The summed E-state index contributed by atoms with van der Waals surface area (Å²) in [6, 6.07) is 3.38. The zero-order valence-corrected chi connectivity index (χ0v) is 11.1. The van der Waals surface area contributed by atoms with Gasteiger partial charge in [0.15, 0.2) is 0 Å². The smallest absolute Gasteiger partial charge is 0.324 e.